The molecule has 0 saturated carbocycles. The van der Waals surface area contributed by atoms with Gasteiger partial charge in [0.25, 0.3) is 5.91 Å². The van der Waals surface area contributed by atoms with Crippen molar-refractivity contribution in [1.29, 1.82) is 0 Å². The second-order valence-electron chi connectivity index (χ2n) is 5.95. The number of aromatic nitrogens is 2. The second kappa shape index (κ2) is 5.77. The molecule has 2 amide bonds. The third kappa shape index (κ3) is 3.36. The Balaban J connectivity index is 2.17. The topological polar surface area (TPSA) is 87.2 Å². The van der Waals surface area contributed by atoms with Gasteiger partial charge in [-0.05, 0) is 13.8 Å². The number of nitrogens with one attached hydrogen (secondary N) is 2. The lowest BCUT2D eigenvalue weighted by Gasteiger charge is -2.39. The minimum Gasteiger partial charge on any atom is -0.317 e. The zero-order valence-electron chi connectivity index (χ0n) is 12.8. The highest BCUT2D eigenvalue weighted by molar-refractivity contribution is 6.06. The Hall–Kier alpha value is -2.02. The van der Waals surface area contributed by atoms with E-state index in [9.17, 15) is 9.59 Å². The zero-order chi connectivity index (χ0) is 15.6. The molecule has 0 atom stereocenters. The van der Waals surface area contributed by atoms with Crippen molar-refractivity contribution in [3.8, 4) is 0 Å². The molecule has 7 heteroatoms. The molecule has 0 spiro atoms. The van der Waals surface area contributed by atoms with Gasteiger partial charge in [0, 0.05) is 30.5 Å². The second-order valence-corrected chi connectivity index (χ2v) is 5.95. The monoisotopic (exact) mass is 291 g/mol. The van der Waals surface area contributed by atoms with Crippen molar-refractivity contribution in [2.24, 2.45) is 0 Å². The molecule has 0 aliphatic carbocycles. The number of hydrogen-bond donors (Lipinski definition) is 2. The van der Waals surface area contributed by atoms with E-state index in [1.807, 2.05) is 0 Å². The number of piperazine rings is 1. The molecule has 0 aromatic carbocycles. The van der Waals surface area contributed by atoms with Crippen LogP contribution < -0.4 is 15.5 Å². The number of imide groups is 1. The molecule has 1 aliphatic heterocycles. The molecule has 1 saturated heterocycles. The highest BCUT2D eigenvalue weighted by Crippen LogP contribution is 2.22. The maximum absolute atomic E-state index is 11.9. The van der Waals surface area contributed by atoms with Gasteiger partial charge in [0.1, 0.15) is 12.1 Å². The fourth-order valence-corrected chi connectivity index (χ4v) is 2.00. The van der Waals surface area contributed by atoms with Crippen LogP contribution in [0.25, 0.3) is 0 Å². The molecule has 114 valence electrons. The average molecular weight is 291 g/mol. The zero-order valence-corrected chi connectivity index (χ0v) is 12.8. The quantitative estimate of drug-likeness (QED) is 0.772. The number of nitrogens with zero attached hydrogens (tertiary/aromatic N) is 3. The first-order valence-electron chi connectivity index (χ1n) is 6.97. The van der Waals surface area contributed by atoms with Crippen LogP contribution in [0.4, 0.5) is 5.95 Å². The summed E-state index contributed by atoms with van der Waals surface area (Å²) in [5.41, 5.74) is 0.101. The summed E-state index contributed by atoms with van der Waals surface area (Å²) in [6.45, 7) is 8.37. The first-order chi connectivity index (χ1) is 9.80. The van der Waals surface area contributed by atoms with Gasteiger partial charge in [-0.3, -0.25) is 14.9 Å². The van der Waals surface area contributed by atoms with Crippen LogP contribution in [0.1, 0.15) is 33.3 Å². The lowest BCUT2D eigenvalue weighted by Crippen LogP contribution is -2.64. The molecule has 0 unspecified atom stereocenters. The molecule has 7 nitrogen and oxygen atoms in total. The van der Waals surface area contributed by atoms with E-state index in [4.69, 9.17) is 0 Å². The lowest BCUT2D eigenvalue weighted by atomic mass is 9.99. The largest absolute Gasteiger partial charge is 0.317 e. The number of carbonyl (C=O) groups is 2. The van der Waals surface area contributed by atoms with Crippen LogP contribution in [-0.4, -0.2) is 39.9 Å². The minimum atomic E-state index is -0.856. The number of rotatable bonds is 4. The first-order valence-corrected chi connectivity index (χ1v) is 6.97. The first kappa shape index (κ1) is 15.4. The molecule has 1 fully saturated rings. The predicted octanol–water partition coefficient (Wildman–Crippen LogP) is 0.216. The van der Waals surface area contributed by atoms with Crippen molar-refractivity contribution >= 4 is 17.8 Å². The fraction of sp³-hybridized carbons (Fsp3) is 0.571. The van der Waals surface area contributed by atoms with Crippen molar-refractivity contribution < 1.29 is 9.59 Å². The molecular formula is C14H21N5O2. The maximum atomic E-state index is 11.9. The summed E-state index contributed by atoms with van der Waals surface area (Å²) in [6, 6.07) is 0.382. The number of amides is 2. The summed E-state index contributed by atoms with van der Waals surface area (Å²) >= 11 is 0. The normalized spacial score (nSPS) is 18.0. The van der Waals surface area contributed by atoms with Crippen molar-refractivity contribution in [1.82, 2.24) is 20.6 Å². The minimum absolute atomic E-state index is 0.0718. The van der Waals surface area contributed by atoms with E-state index in [2.05, 4.69) is 34.4 Å². The summed E-state index contributed by atoms with van der Waals surface area (Å²) < 4.78 is 0. The van der Waals surface area contributed by atoms with E-state index in [0.717, 1.165) is 5.56 Å². The molecule has 0 bridgehead atoms. The maximum Gasteiger partial charge on any atom is 0.252 e. The molecule has 2 heterocycles. The van der Waals surface area contributed by atoms with Gasteiger partial charge in [-0.1, -0.05) is 13.8 Å². The highest BCUT2D eigenvalue weighted by Gasteiger charge is 2.42. The molecule has 2 rings (SSSR count). The van der Waals surface area contributed by atoms with Crippen molar-refractivity contribution in [3.05, 3.63) is 18.0 Å². The summed E-state index contributed by atoms with van der Waals surface area (Å²) in [5, 5.41) is 5.61. The van der Waals surface area contributed by atoms with Crippen LogP contribution in [-0.2, 0) is 16.1 Å². The fourth-order valence-electron chi connectivity index (χ4n) is 2.00. The Morgan fingerprint density at radius 2 is 1.95 bits per heavy atom. The van der Waals surface area contributed by atoms with E-state index >= 15 is 0 Å². The average Bonchev–Trinajstić information content (AvgIpc) is 2.41. The number of hydrogen-bond acceptors (Lipinski definition) is 6. The van der Waals surface area contributed by atoms with E-state index in [1.165, 1.54) is 0 Å². The van der Waals surface area contributed by atoms with Crippen LogP contribution in [0.3, 0.4) is 0 Å². The molecule has 1 aliphatic rings. The molecule has 0 radical (unpaired) electrons. The van der Waals surface area contributed by atoms with Crippen LogP contribution in [0.2, 0.25) is 0 Å². The van der Waals surface area contributed by atoms with Crippen LogP contribution >= 0.6 is 0 Å². The summed E-state index contributed by atoms with van der Waals surface area (Å²) in [5.74, 6) is -0.294. The molecule has 21 heavy (non-hydrogen) atoms. The van der Waals surface area contributed by atoms with Gasteiger partial charge in [0.05, 0.1) is 0 Å². The smallest absolute Gasteiger partial charge is 0.252 e. The molecule has 2 N–H and O–H groups in total. The van der Waals surface area contributed by atoms with Crippen LogP contribution in [0.5, 0.6) is 0 Å². The summed E-state index contributed by atoms with van der Waals surface area (Å²) in [7, 11) is 0. The molecule has 1 aromatic rings. The van der Waals surface area contributed by atoms with Crippen molar-refractivity contribution in [2.45, 2.75) is 45.8 Å². The van der Waals surface area contributed by atoms with Gasteiger partial charge in [-0.25, -0.2) is 9.97 Å². The lowest BCUT2D eigenvalue weighted by molar-refractivity contribution is -0.135. The van der Waals surface area contributed by atoms with E-state index in [0.29, 0.717) is 18.5 Å². The van der Waals surface area contributed by atoms with E-state index in [-0.39, 0.29) is 18.4 Å². The van der Waals surface area contributed by atoms with E-state index < -0.39 is 5.54 Å². The Morgan fingerprint density at radius 1 is 1.33 bits per heavy atom. The van der Waals surface area contributed by atoms with Crippen molar-refractivity contribution in [2.75, 3.05) is 11.4 Å². The predicted molar refractivity (Wildman–Crippen MR) is 78.6 cm³/mol. The van der Waals surface area contributed by atoms with Gasteiger partial charge in [0.15, 0.2) is 0 Å². The van der Waals surface area contributed by atoms with E-state index in [1.54, 1.807) is 31.1 Å². The summed E-state index contributed by atoms with van der Waals surface area (Å²) in [4.78, 5) is 33.7. The van der Waals surface area contributed by atoms with Gasteiger partial charge in [-0.2, -0.15) is 0 Å². The third-order valence-corrected chi connectivity index (χ3v) is 3.43. The van der Waals surface area contributed by atoms with Gasteiger partial charge < -0.3 is 10.2 Å². The Labute approximate surface area is 124 Å². The molecule has 1 aromatic heterocycles. The van der Waals surface area contributed by atoms with Crippen LogP contribution in [0, 0.1) is 0 Å². The molecular weight excluding hydrogens is 270 g/mol. The van der Waals surface area contributed by atoms with Crippen LogP contribution in [0.15, 0.2) is 12.4 Å². The Kier molecular flexibility index (Phi) is 4.22. The highest BCUT2D eigenvalue weighted by atomic mass is 16.2. The van der Waals surface area contributed by atoms with Crippen molar-refractivity contribution in [3.63, 3.8) is 0 Å². The van der Waals surface area contributed by atoms with Gasteiger partial charge in [-0.15, -0.1) is 0 Å². The Morgan fingerprint density at radius 3 is 2.52 bits per heavy atom. The number of carbonyl (C=O) groups excluding carboxylic acids is 2. The van der Waals surface area contributed by atoms with Gasteiger partial charge in [0.2, 0.25) is 11.9 Å². The summed E-state index contributed by atoms with van der Waals surface area (Å²) in [6.07, 6.45) is 3.43. The Bertz CT molecular complexity index is 539. The number of anilines is 1. The SMILES string of the molecule is CC(C)NCc1cnc(N2CC(=O)NC(=O)C2(C)C)nc1. The standard InChI is InChI=1S/C14H21N5O2/c1-9(2)15-5-10-6-16-13(17-7-10)19-8-11(20)18-12(21)14(19,3)4/h6-7,9,15H,5,8H2,1-4H3,(H,18,20,21). The third-order valence-electron chi connectivity index (χ3n) is 3.43. The van der Waals surface area contributed by atoms with Gasteiger partial charge >= 0.3 is 0 Å².